The first-order valence-electron chi connectivity index (χ1n) is 10.7. The van der Waals surface area contributed by atoms with Crippen LogP contribution in [-0.2, 0) is 21.3 Å². The third kappa shape index (κ3) is 6.42. The summed E-state index contributed by atoms with van der Waals surface area (Å²) in [6.07, 6.45) is 4.49. The van der Waals surface area contributed by atoms with Crippen LogP contribution in [0.5, 0.6) is 0 Å². The lowest BCUT2D eigenvalue weighted by atomic mass is 10.2. The molecule has 2 fully saturated rings. The number of guanidine groups is 1. The number of hydrogen-bond acceptors (Lipinski definition) is 4. The molecule has 7 nitrogen and oxygen atoms in total. The first kappa shape index (κ1) is 22.1. The smallest absolute Gasteiger partial charge is 0.243 e. The van der Waals surface area contributed by atoms with E-state index in [2.05, 4.69) is 10.2 Å². The van der Waals surface area contributed by atoms with Crippen LogP contribution in [0.15, 0.2) is 34.2 Å². The number of ether oxygens (including phenoxy) is 1. The average Bonchev–Trinajstić information content (AvgIpc) is 3.37. The van der Waals surface area contributed by atoms with E-state index < -0.39 is 10.0 Å². The van der Waals surface area contributed by atoms with Crippen LogP contribution in [0.3, 0.4) is 0 Å². The monoisotopic (exact) mass is 422 g/mol. The van der Waals surface area contributed by atoms with Gasteiger partial charge < -0.3 is 15.0 Å². The number of benzene rings is 1. The van der Waals surface area contributed by atoms with Crippen molar-refractivity contribution >= 4 is 16.0 Å². The van der Waals surface area contributed by atoms with Crippen LogP contribution >= 0.6 is 0 Å². The van der Waals surface area contributed by atoms with Gasteiger partial charge in [0.15, 0.2) is 5.96 Å². The Bertz CT molecular complexity index is 770. The molecular weight excluding hydrogens is 388 g/mol. The number of nitrogens with zero attached hydrogens (tertiary/aromatic N) is 3. The normalized spacial score (nSPS) is 18.2. The van der Waals surface area contributed by atoms with Gasteiger partial charge in [0, 0.05) is 39.8 Å². The molecule has 1 aromatic carbocycles. The maximum atomic E-state index is 12.6. The highest BCUT2D eigenvalue weighted by atomic mass is 32.2. The Balaban J connectivity index is 1.55. The standard InChI is InChI=1S/C21H34N4O3S/c1-3-22-21(24(2)14-15-28-17-19-6-7-19)23-16-18-8-10-20(11-9-18)29(26,27)25-12-4-5-13-25/h8-11,19H,3-7,12-17H2,1-2H3,(H,22,23). The van der Waals surface area contributed by atoms with Gasteiger partial charge in [0.25, 0.3) is 0 Å². The summed E-state index contributed by atoms with van der Waals surface area (Å²) in [5.41, 5.74) is 0.985. The minimum absolute atomic E-state index is 0.365. The third-order valence-electron chi connectivity index (χ3n) is 5.36. The Morgan fingerprint density at radius 3 is 2.55 bits per heavy atom. The minimum Gasteiger partial charge on any atom is -0.379 e. The third-order valence-corrected chi connectivity index (χ3v) is 7.27. The lowest BCUT2D eigenvalue weighted by molar-refractivity contribution is 0.115. The predicted octanol–water partition coefficient (Wildman–Crippen LogP) is 2.29. The number of likely N-dealkylation sites (N-methyl/N-ethyl adjacent to an activating group) is 1. The van der Waals surface area contributed by atoms with E-state index in [1.165, 1.54) is 12.8 Å². The number of nitrogens with one attached hydrogen (secondary N) is 1. The van der Waals surface area contributed by atoms with Crippen molar-refractivity contribution < 1.29 is 13.2 Å². The zero-order valence-electron chi connectivity index (χ0n) is 17.6. The van der Waals surface area contributed by atoms with E-state index in [9.17, 15) is 8.42 Å². The van der Waals surface area contributed by atoms with Crippen molar-refractivity contribution in [1.82, 2.24) is 14.5 Å². The van der Waals surface area contributed by atoms with E-state index in [0.29, 0.717) is 31.1 Å². The molecule has 1 aliphatic heterocycles. The van der Waals surface area contributed by atoms with E-state index in [1.807, 2.05) is 26.1 Å². The van der Waals surface area contributed by atoms with Crippen molar-refractivity contribution in [2.24, 2.45) is 10.9 Å². The van der Waals surface area contributed by atoms with Crippen LogP contribution in [0, 0.1) is 5.92 Å². The summed E-state index contributed by atoms with van der Waals surface area (Å²) < 4.78 is 32.5. The van der Waals surface area contributed by atoms with E-state index in [-0.39, 0.29) is 0 Å². The Kier molecular flexibility index (Phi) is 7.91. The van der Waals surface area contributed by atoms with Gasteiger partial charge in [-0.2, -0.15) is 4.31 Å². The highest BCUT2D eigenvalue weighted by Gasteiger charge is 2.26. The van der Waals surface area contributed by atoms with Gasteiger partial charge in [0.05, 0.1) is 18.0 Å². The van der Waals surface area contributed by atoms with E-state index >= 15 is 0 Å². The van der Waals surface area contributed by atoms with E-state index in [0.717, 1.165) is 50.0 Å². The SMILES string of the molecule is CCNC(=NCc1ccc(S(=O)(=O)N2CCCC2)cc1)N(C)CCOCC1CC1. The summed E-state index contributed by atoms with van der Waals surface area (Å²) in [4.78, 5) is 7.13. The van der Waals surface area contributed by atoms with Gasteiger partial charge in [-0.25, -0.2) is 13.4 Å². The summed E-state index contributed by atoms with van der Waals surface area (Å²) in [5.74, 6) is 1.61. The van der Waals surface area contributed by atoms with Crippen LogP contribution < -0.4 is 5.32 Å². The Morgan fingerprint density at radius 1 is 1.24 bits per heavy atom. The molecule has 1 N–H and O–H groups in total. The Morgan fingerprint density at radius 2 is 1.93 bits per heavy atom. The lowest BCUT2D eigenvalue weighted by Crippen LogP contribution is -2.40. The Labute approximate surface area is 175 Å². The average molecular weight is 423 g/mol. The van der Waals surface area contributed by atoms with Crippen LogP contribution in [-0.4, -0.2) is 70.0 Å². The molecule has 0 aromatic heterocycles. The van der Waals surface area contributed by atoms with Gasteiger partial charge in [0.1, 0.15) is 0 Å². The molecule has 1 saturated heterocycles. The van der Waals surface area contributed by atoms with Crippen molar-refractivity contribution in [2.75, 3.05) is 46.4 Å². The molecule has 0 amide bonds. The van der Waals surface area contributed by atoms with E-state index in [4.69, 9.17) is 9.73 Å². The lowest BCUT2D eigenvalue weighted by Gasteiger charge is -2.22. The fourth-order valence-electron chi connectivity index (χ4n) is 3.32. The highest BCUT2D eigenvalue weighted by Crippen LogP contribution is 2.28. The molecule has 0 atom stereocenters. The minimum atomic E-state index is -3.36. The van der Waals surface area contributed by atoms with E-state index in [1.54, 1.807) is 16.4 Å². The zero-order chi connectivity index (χ0) is 20.7. The summed E-state index contributed by atoms with van der Waals surface area (Å²) >= 11 is 0. The maximum absolute atomic E-state index is 12.6. The second-order valence-electron chi connectivity index (χ2n) is 7.87. The molecule has 0 unspecified atom stereocenters. The summed E-state index contributed by atoms with van der Waals surface area (Å²) in [7, 11) is -1.35. The molecule has 1 heterocycles. The first-order chi connectivity index (χ1) is 14.0. The largest absolute Gasteiger partial charge is 0.379 e. The van der Waals surface area contributed by atoms with Gasteiger partial charge in [-0.3, -0.25) is 0 Å². The fraction of sp³-hybridized carbons (Fsp3) is 0.667. The fourth-order valence-corrected chi connectivity index (χ4v) is 4.84. The van der Waals surface area contributed by atoms with Gasteiger partial charge in [-0.1, -0.05) is 12.1 Å². The number of hydrogen-bond donors (Lipinski definition) is 1. The first-order valence-corrected chi connectivity index (χ1v) is 12.1. The molecule has 1 aromatic rings. The number of aliphatic imine (C=N–C) groups is 1. The molecule has 8 heteroatoms. The molecular formula is C21H34N4O3S. The quantitative estimate of drug-likeness (QED) is 0.356. The molecule has 0 spiro atoms. The summed E-state index contributed by atoms with van der Waals surface area (Å²) in [6.45, 7) is 6.93. The second-order valence-corrected chi connectivity index (χ2v) is 9.80. The van der Waals surface area contributed by atoms with Crippen molar-refractivity contribution in [3.05, 3.63) is 29.8 Å². The van der Waals surface area contributed by atoms with Gasteiger partial charge in [-0.15, -0.1) is 0 Å². The van der Waals surface area contributed by atoms with Gasteiger partial charge >= 0.3 is 0 Å². The highest BCUT2D eigenvalue weighted by molar-refractivity contribution is 7.89. The molecule has 2 aliphatic rings. The van der Waals surface area contributed by atoms with Crippen molar-refractivity contribution in [3.8, 4) is 0 Å². The summed E-state index contributed by atoms with van der Waals surface area (Å²) in [5, 5.41) is 3.31. The maximum Gasteiger partial charge on any atom is 0.243 e. The van der Waals surface area contributed by atoms with Crippen LogP contribution in [0.1, 0.15) is 38.2 Å². The van der Waals surface area contributed by atoms with Gasteiger partial charge in [-0.05, 0) is 56.2 Å². The van der Waals surface area contributed by atoms with Crippen LogP contribution in [0.4, 0.5) is 0 Å². The second kappa shape index (κ2) is 10.4. The molecule has 1 aliphatic carbocycles. The Hall–Kier alpha value is -1.64. The summed E-state index contributed by atoms with van der Waals surface area (Å²) in [6, 6.07) is 7.10. The predicted molar refractivity (Wildman–Crippen MR) is 115 cm³/mol. The molecule has 162 valence electrons. The van der Waals surface area contributed by atoms with Crippen LogP contribution in [0.25, 0.3) is 0 Å². The van der Waals surface area contributed by atoms with Crippen molar-refractivity contribution in [3.63, 3.8) is 0 Å². The molecule has 3 rings (SSSR count). The molecule has 1 saturated carbocycles. The zero-order valence-corrected chi connectivity index (χ0v) is 18.5. The molecule has 0 radical (unpaired) electrons. The van der Waals surface area contributed by atoms with Crippen LogP contribution in [0.2, 0.25) is 0 Å². The number of rotatable bonds is 10. The molecule has 0 bridgehead atoms. The van der Waals surface area contributed by atoms with Crippen molar-refractivity contribution in [1.29, 1.82) is 0 Å². The van der Waals surface area contributed by atoms with Crippen molar-refractivity contribution in [2.45, 2.75) is 44.0 Å². The van der Waals surface area contributed by atoms with Gasteiger partial charge in [0.2, 0.25) is 10.0 Å². The topological polar surface area (TPSA) is 74.2 Å². The molecule has 29 heavy (non-hydrogen) atoms. The number of sulfonamides is 1.